The number of nitrogens with zero attached hydrogens (tertiary/aromatic N) is 1. The van der Waals surface area contributed by atoms with Crippen molar-refractivity contribution in [3.8, 4) is 0 Å². The van der Waals surface area contributed by atoms with Gasteiger partial charge in [-0.25, -0.2) is 0 Å². The minimum absolute atomic E-state index is 0.231. The molecule has 1 aromatic rings. The van der Waals surface area contributed by atoms with E-state index in [0.717, 1.165) is 5.56 Å². The van der Waals surface area contributed by atoms with E-state index in [2.05, 4.69) is 16.9 Å². The highest BCUT2D eigenvalue weighted by molar-refractivity contribution is 5.92. The molecule has 0 spiro atoms. The summed E-state index contributed by atoms with van der Waals surface area (Å²) < 4.78 is 0. The monoisotopic (exact) mass is 162 g/mol. The Kier molecular flexibility index (Phi) is 2.58. The van der Waals surface area contributed by atoms with Gasteiger partial charge in [-0.05, 0) is 24.8 Å². The molecule has 1 N–H and O–H groups in total. The largest absolute Gasteiger partial charge is 0.328 e. The van der Waals surface area contributed by atoms with Crippen molar-refractivity contribution in [3.63, 3.8) is 0 Å². The van der Waals surface area contributed by atoms with Gasteiger partial charge in [0.25, 0.3) is 5.91 Å². The van der Waals surface area contributed by atoms with E-state index in [0.29, 0.717) is 5.69 Å². The number of hydrogen-bond acceptors (Lipinski definition) is 2. The summed E-state index contributed by atoms with van der Waals surface area (Å²) in [5, 5.41) is 2.44. The topological polar surface area (TPSA) is 42.0 Å². The lowest BCUT2D eigenvalue weighted by atomic mass is 10.3. The zero-order chi connectivity index (χ0) is 8.97. The summed E-state index contributed by atoms with van der Waals surface area (Å²) in [6, 6.07) is 3.51. The first kappa shape index (κ1) is 8.46. The molecule has 0 aromatic carbocycles. The number of amides is 1. The Morgan fingerprint density at radius 1 is 1.67 bits per heavy atom. The van der Waals surface area contributed by atoms with Crippen LogP contribution >= 0.6 is 0 Å². The van der Waals surface area contributed by atoms with Gasteiger partial charge in [-0.15, -0.1) is 0 Å². The second-order valence-corrected chi connectivity index (χ2v) is 2.40. The highest BCUT2D eigenvalue weighted by Crippen LogP contribution is 1.97. The van der Waals surface area contributed by atoms with Gasteiger partial charge in [-0.3, -0.25) is 9.78 Å². The van der Waals surface area contributed by atoms with Crippen LogP contribution in [0.3, 0.4) is 0 Å². The minimum Gasteiger partial charge on any atom is -0.328 e. The summed E-state index contributed by atoms with van der Waals surface area (Å²) in [6.07, 6.45) is 2.99. The van der Waals surface area contributed by atoms with Gasteiger partial charge in [0.15, 0.2) is 0 Å². The fourth-order valence-corrected chi connectivity index (χ4v) is 0.769. The Morgan fingerprint density at radius 2 is 2.42 bits per heavy atom. The van der Waals surface area contributed by atoms with Crippen LogP contribution in [0.25, 0.3) is 0 Å². The molecule has 0 fully saturated rings. The number of nitrogens with one attached hydrogen (secondary N) is 1. The normalized spacial score (nSPS) is 9.08. The molecule has 1 amide bonds. The van der Waals surface area contributed by atoms with Crippen LogP contribution in [0.2, 0.25) is 0 Å². The van der Waals surface area contributed by atoms with Crippen molar-refractivity contribution in [2.75, 3.05) is 0 Å². The van der Waals surface area contributed by atoms with Crippen LogP contribution in [0.5, 0.6) is 0 Å². The smallest absolute Gasteiger partial charge is 0.273 e. The molecule has 0 aliphatic rings. The molecule has 0 aliphatic carbocycles. The van der Waals surface area contributed by atoms with Crippen LogP contribution in [0.15, 0.2) is 31.1 Å². The summed E-state index contributed by atoms with van der Waals surface area (Å²) in [5.74, 6) is -0.231. The number of aromatic nitrogens is 1. The molecular weight excluding hydrogens is 152 g/mol. The lowest BCUT2D eigenvalue weighted by Crippen LogP contribution is -2.17. The van der Waals surface area contributed by atoms with Gasteiger partial charge in [0.1, 0.15) is 5.69 Å². The number of pyridine rings is 1. The van der Waals surface area contributed by atoms with Crippen molar-refractivity contribution in [1.82, 2.24) is 10.3 Å². The number of hydrogen-bond donors (Lipinski definition) is 1. The molecule has 0 radical (unpaired) electrons. The summed E-state index contributed by atoms with van der Waals surface area (Å²) >= 11 is 0. The fraction of sp³-hybridized carbons (Fsp3) is 0.111. The van der Waals surface area contributed by atoms with E-state index < -0.39 is 0 Å². The number of carbonyl (C=O) groups is 1. The third kappa shape index (κ3) is 1.92. The number of carbonyl (C=O) groups excluding carboxylic acids is 1. The summed E-state index contributed by atoms with van der Waals surface area (Å²) in [7, 11) is 0. The maximum atomic E-state index is 11.1. The molecule has 62 valence electrons. The lowest BCUT2D eigenvalue weighted by molar-refractivity contribution is 0.0965. The van der Waals surface area contributed by atoms with Crippen molar-refractivity contribution in [3.05, 3.63) is 42.4 Å². The first-order chi connectivity index (χ1) is 5.74. The first-order valence-corrected chi connectivity index (χ1v) is 3.58. The Bertz CT molecular complexity index is 290. The van der Waals surface area contributed by atoms with Crippen LogP contribution in [-0.2, 0) is 0 Å². The van der Waals surface area contributed by atoms with Gasteiger partial charge < -0.3 is 5.32 Å². The summed E-state index contributed by atoms with van der Waals surface area (Å²) in [6.45, 7) is 5.30. The SMILES string of the molecule is C=CNC(=O)c1ccc(C)cn1. The third-order valence-electron chi connectivity index (χ3n) is 1.38. The Balaban J connectivity index is 2.82. The van der Waals surface area contributed by atoms with Crippen LogP contribution in [-0.4, -0.2) is 10.9 Å². The Hall–Kier alpha value is -1.64. The maximum absolute atomic E-state index is 11.1. The van der Waals surface area contributed by atoms with E-state index in [9.17, 15) is 4.79 Å². The van der Waals surface area contributed by atoms with Crippen molar-refractivity contribution in [2.24, 2.45) is 0 Å². The van der Waals surface area contributed by atoms with Gasteiger partial charge >= 0.3 is 0 Å². The zero-order valence-electron chi connectivity index (χ0n) is 6.87. The van der Waals surface area contributed by atoms with E-state index in [-0.39, 0.29) is 5.91 Å². The minimum atomic E-state index is -0.231. The number of aryl methyl sites for hydroxylation is 1. The molecule has 3 nitrogen and oxygen atoms in total. The molecule has 3 heteroatoms. The van der Waals surface area contributed by atoms with Gasteiger partial charge in [0, 0.05) is 6.20 Å². The molecule has 1 aromatic heterocycles. The number of rotatable bonds is 2. The molecular formula is C9H10N2O. The Labute approximate surface area is 71.1 Å². The fourth-order valence-electron chi connectivity index (χ4n) is 0.769. The molecule has 1 heterocycles. The van der Waals surface area contributed by atoms with E-state index in [1.807, 2.05) is 13.0 Å². The van der Waals surface area contributed by atoms with Crippen molar-refractivity contribution >= 4 is 5.91 Å². The summed E-state index contributed by atoms with van der Waals surface area (Å²) in [4.78, 5) is 15.0. The van der Waals surface area contributed by atoms with Crippen LogP contribution in [0.4, 0.5) is 0 Å². The molecule has 0 saturated carbocycles. The van der Waals surface area contributed by atoms with Gasteiger partial charge in [0.05, 0.1) is 0 Å². The van der Waals surface area contributed by atoms with Crippen LogP contribution < -0.4 is 5.32 Å². The lowest BCUT2D eigenvalue weighted by Gasteiger charge is -1.98. The highest BCUT2D eigenvalue weighted by Gasteiger charge is 2.02. The zero-order valence-corrected chi connectivity index (χ0v) is 6.87. The average Bonchev–Trinajstić information content (AvgIpc) is 2.06. The molecule has 12 heavy (non-hydrogen) atoms. The van der Waals surface area contributed by atoms with E-state index >= 15 is 0 Å². The van der Waals surface area contributed by atoms with Gasteiger partial charge in [-0.2, -0.15) is 0 Å². The van der Waals surface area contributed by atoms with E-state index in [1.165, 1.54) is 6.20 Å². The standard InChI is InChI=1S/C9H10N2O/c1-3-10-9(12)8-5-4-7(2)6-11-8/h3-6H,1H2,2H3,(H,10,12). The predicted octanol–water partition coefficient (Wildman–Crippen LogP) is 1.26. The second kappa shape index (κ2) is 3.67. The molecule has 0 bridgehead atoms. The highest BCUT2D eigenvalue weighted by atomic mass is 16.1. The van der Waals surface area contributed by atoms with Crippen molar-refractivity contribution in [1.29, 1.82) is 0 Å². The van der Waals surface area contributed by atoms with Crippen molar-refractivity contribution in [2.45, 2.75) is 6.92 Å². The van der Waals surface area contributed by atoms with E-state index in [4.69, 9.17) is 0 Å². The van der Waals surface area contributed by atoms with Crippen LogP contribution in [0, 0.1) is 6.92 Å². The molecule has 1 rings (SSSR count). The molecule has 0 saturated heterocycles. The molecule has 0 atom stereocenters. The van der Waals surface area contributed by atoms with Crippen molar-refractivity contribution < 1.29 is 4.79 Å². The maximum Gasteiger partial charge on any atom is 0.273 e. The predicted molar refractivity (Wildman–Crippen MR) is 46.6 cm³/mol. The Morgan fingerprint density at radius 3 is 2.92 bits per heavy atom. The first-order valence-electron chi connectivity index (χ1n) is 3.58. The molecule has 0 unspecified atom stereocenters. The van der Waals surface area contributed by atoms with Crippen LogP contribution in [0.1, 0.15) is 16.1 Å². The summed E-state index contributed by atoms with van der Waals surface area (Å²) in [5.41, 5.74) is 1.44. The quantitative estimate of drug-likeness (QED) is 0.711. The average molecular weight is 162 g/mol. The molecule has 0 aliphatic heterocycles. The second-order valence-electron chi connectivity index (χ2n) is 2.40. The van der Waals surface area contributed by atoms with Gasteiger partial charge in [-0.1, -0.05) is 12.6 Å². The third-order valence-corrected chi connectivity index (χ3v) is 1.38. The van der Waals surface area contributed by atoms with Gasteiger partial charge in [0.2, 0.25) is 0 Å². The van der Waals surface area contributed by atoms with E-state index in [1.54, 1.807) is 12.3 Å².